The minimum Gasteiger partial charge on any atom is -0.370 e. The van der Waals surface area contributed by atoms with Crippen molar-refractivity contribution < 1.29 is 9.18 Å². The summed E-state index contributed by atoms with van der Waals surface area (Å²) in [6, 6.07) is 16.4. The lowest BCUT2D eigenvalue weighted by Gasteiger charge is -2.28. The van der Waals surface area contributed by atoms with Gasteiger partial charge in [0, 0.05) is 25.7 Å². The summed E-state index contributed by atoms with van der Waals surface area (Å²) in [4.78, 5) is 23.6. The average molecular weight is 390 g/mol. The van der Waals surface area contributed by atoms with Crippen LogP contribution in [0.15, 0.2) is 54.6 Å². The molecule has 6 heteroatoms. The number of fused-ring (bicyclic) bond motifs is 1. The van der Waals surface area contributed by atoms with E-state index in [0.29, 0.717) is 37.0 Å². The van der Waals surface area contributed by atoms with Crippen molar-refractivity contribution in [2.45, 2.75) is 26.3 Å². The standard InChI is InChI=1S/C23H23FN4O/c1-16-26-21(23(29)28-13-11-18-4-2-3-5-19(18)15-28)14-22(27-16)25-12-10-17-6-8-20(24)9-7-17/h2-9,14H,10-13,15H2,1H3,(H,25,26,27). The van der Waals surface area contributed by atoms with Crippen LogP contribution in [0, 0.1) is 12.7 Å². The molecule has 0 unspecified atom stereocenters. The Morgan fingerprint density at radius 2 is 1.86 bits per heavy atom. The Morgan fingerprint density at radius 1 is 1.10 bits per heavy atom. The molecule has 1 aliphatic heterocycles. The zero-order chi connectivity index (χ0) is 20.2. The zero-order valence-electron chi connectivity index (χ0n) is 16.4. The molecule has 2 heterocycles. The number of anilines is 1. The maximum Gasteiger partial charge on any atom is 0.272 e. The van der Waals surface area contributed by atoms with Gasteiger partial charge in [0.15, 0.2) is 0 Å². The largest absolute Gasteiger partial charge is 0.370 e. The maximum atomic E-state index is 13.0. The second kappa shape index (κ2) is 8.39. The topological polar surface area (TPSA) is 58.1 Å². The normalized spacial score (nSPS) is 13.1. The summed E-state index contributed by atoms with van der Waals surface area (Å²) in [5, 5.41) is 3.25. The van der Waals surface area contributed by atoms with Gasteiger partial charge < -0.3 is 10.2 Å². The number of nitrogens with zero attached hydrogens (tertiary/aromatic N) is 3. The minimum atomic E-state index is -0.239. The molecule has 1 aliphatic rings. The zero-order valence-corrected chi connectivity index (χ0v) is 16.4. The van der Waals surface area contributed by atoms with E-state index in [1.54, 1.807) is 25.1 Å². The highest BCUT2D eigenvalue weighted by Crippen LogP contribution is 2.20. The van der Waals surface area contributed by atoms with Crippen molar-refractivity contribution >= 4 is 11.7 Å². The van der Waals surface area contributed by atoms with E-state index in [1.807, 2.05) is 17.0 Å². The molecular weight excluding hydrogens is 367 g/mol. The number of carbonyl (C=O) groups excluding carboxylic acids is 1. The Morgan fingerprint density at radius 3 is 2.66 bits per heavy atom. The first-order chi connectivity index (χ1) is 14.1. The number of aryl methyl sites for hydroxylation is 1. The number of hydrogen-bond donors (Lipinski definition) is 1. The number of halogens is 1. The van der Waals surface area contributed by atoms with Crippen molar-refractivity contribution in [1.82, 2.24) is 14.9 Å². The molecular formula is C23H23FN4O. The first kappa shape index (κ1) is 19.1. The van der Waals surface area contributed by atoms with E-state index < -0.39 is 0 Å². The predicted molar refractivity (Wildman–Crippen MR) is 110 cm³/mol. The summed E-state index contributed by atoms with van der Waals surface area (Å²) >= 11 is 0. The van der Waals surface area contributed by atoms with Crippen LogP contribution in [0.25, 0.3) is 0 Å². The third-order valence-corrected chi connectivity index (χ3v) is 5.11. The van der Waals surface area contributed by atoms with E-state index in [0.717, 1.165) is 18.4 Å². The number of benzene rings is 2. The smallest absolute Gasteiger partial charge is 0.272 e. The van der Waals surface area contributed by atoms with Crippen LogP contribution < -0.4 is 5.32 Å². The lowest BCUT2D eigenvalue weighted by molar-refractivity contribution is 0.0728. The number of carbonyl (C=O) groups is 1. The third-order valence-electron chi connectivity index (χ3n) is 5.11. The fourth-order valence-electron chi connectivity index (χ4n) is 3.58. The molecule has 2 aromatic carbocycles. The Labute approximate surface area is 169 Å². The van der Waals surface area contributed by atoms with E-state index >= 15 is 0 Å². The number of rotatable bonds is 5. The van der Waals surface area contributed by atoms with Gasteiger partial charge in [-0.05, 0) is 48.6 Å². The molecule has 0 saturated heterocycles. The highest BCUT2D eigenvalue weighted by molar-refractivity contribution is 5.93. The number of nitrogens with one attached hydrogen (secondary N) is 1. The van der Waals surface area contributed by atoms with Gasteiger partial charge in [-0.2, -0.15) is 0 Å². The van der Waals surface area contributed by atoms with Crippen molar-refractivity contribution in [2.24, 2.45) is 0 Å². The molecule has 5 nitrogen and oxygen atoms in total. The van der Waals surface area contributed by atoms with Gasteiger partial charge in [-0.15, -0.1) is 0 Å². The van der Waals surface area contributed by atoms with Gasteiger partial charge in [-0.25, -0.2) is 14.4 Å². The van der Waals surface area contributed by atoms with Crippen molar-refractivity contribution in [2.75, 3.05) is 18.4 Å². The van der Waals surface area contributed by atoms with Gasteiger partial charge in [-0.1, -0.05) is 36.4 Å². The van der Waals surface area contributed by atoms with Crippen LogP contribution >= 0.6 is 0 Å². The molecule has 3 aromatic rings. The summed E-state index contributed by atoms with van der Waals surface area (Å²) in [5.41, 5.74) is 3.93. The summed E-state index contributed by atoms with van der Waals surface area (Å²) in [5.74, 6) is 0.862. The second-order valence-electron chi connectivity index (χ2n) is 7.23. The average Bonchev–Trinajstić information content (AvgIpc) is 2.74. The number of aromatic nitrogens is 2. The van der Waals surface area contributed by atoms with Crippen LogP contribution in [-0.4, -0.2) is 33.9 Å². The van der Waals surface area contributed by atoms with Crippen molar-refractivity contribution in [3.8, 4) is 0 Å². The molecule has 148 valence electrons. The summed E-state index contributed by atoms with van der Waals surface area (Å²) in [6.45, 7) is 3.71. The van der Waals surface area contributed by atoms with Gasteiger partial charge in [0.25, 0.3) is 5.91 Å². The number of hydrogen-bond acceptors (Lipinski definition) is 4. The molecule has 4 rings (SSSR count). The van der Waals surface area contributed by atoms with E-state index in [2.05, 4.69) is 27.4 Å². The molecule has 0 atom stereocenters. The quantitative estimate of drug-likeness (QED) is 0.720. The fourth-order valence-corrected chi connectivity index (χ4v) is 3.58. The first-order valence-corrected chi connectivity index (χ1v) is 9.78. The van der Waals surface area contributed by atoms with Gasteiger partial charge >= 0.3 is 0 Å². The SMILES string of the molecule is Cc1nc(NCCc2ccc(F)cc2)cc(C(=O)N2CCc3ccccc3C2)n1. The van der Waals surface area contributed by atoms with Crippen LogP contribution in [0.5, 0.6) is 0 Å². The van der Waals surface area contributed by atoms with E-state index in [1.165, 1.54) is 23.3 Å². The van der Waals surface area contributed by atoms with Crippen molar-refractivity contribution in [3.63, 3.8) is 0 Å². The summed E-state index contributed by atoms with van der Waals surface area (Å²) in [6.07, 6.45) is 1.59. The van der Waals surface area contributed by atoms with Crippen molar-refractivity contribution in [1.29, 1.82) is 0 Å². The Hall–Kier alpha value is -3.28. The van der Waals surface area contributed by atoms with Crippen LogP contribution in [0.1, 0.15) is 33.0 Å². The van der Waals surface area contributed by atoms with Gasteiger partial charge in [0.1, 0.15) is 23.2 Å². The second-order valence-corrected chi connectivity index (χ2v) is 7.23. The molecule has 1 aromatic heterocycles. The molecule has 1 N–H and O–H groups in total. The molecule has 1 amide bonds. The highest BCUT2D eigenvalue weighted by atomic mass is 19.1. The monoisotopic (exact) mass is 390 g/mol. The predicted octanol–water partition coefficient (Wildman–Crippen LogP) is 3.78. The van der Waals surface area contributed by atoms with E-state index in [9.17, 15) is 9.18 Å². The first-order valence-electron chi connectivity index (χ1n) is 9.78. The Bertz CT molecular complexity index is 1020. The maximum absolute atomic E-state index is 13.0. The molecule has 0 aliphatic carbocycles. The lowest BCUT2D eigenvalue weighted by atomic mass is 10.00. The molecule has 0 saturated carbocycles. The van der Waals surface area contributed by atoms with E-state index in [4.69, 9.17) is 0 Å². The molecule has 0 radical (unpaired) electrons. The molecule has 0 spiro atoms. The third kappa shape index (κ3) is 4.59. The molecule has 0 fully saturated rings. The molecule has 29 heavy (non-hydrogen) atoms. The van der Waals surface area contributed by atoms with Gasteiger partial charge in [0.2, 0.25) is 0 Å². The van der Waals surface area contributed by atoms with Crippen LogP contribution in [0.3, 0.4) is 0 Å². The Kier molecular flexibility index (Phi) is 5.51. The Balaban J connectivity index is 1.42. The van der Waals surface area contributed by atoms with Gasteiger partial charge in [0.05, 0.1) is 0 Å². The lowest BCUT2D eigenvalue weighted by Crippen LogP contribution is -2.36. The van der Waals surface area contributed by atoms with E-state index in [-0.39, 0.29) is 11.7 Å². The van der Waals surface area contributed by atoms with Crippen LogP contribution in [0.2, 0.25) is 0 Å². The van der Waals surface area contributed by atoms with Crippen LogP contribution in [0.4, 0.5) is 10.2 Å². The minimum absolute atomic E-state index is 0.0772. The number of amides is 1. The summed E-state index contributed by atoms with van der Waals surface area (Å²) < 4.78 is 13.0. The fraction of sp³-hybridized carbons (Fsp3) is 0.261. The molecule has 0 bridgehead atoms. The van der Waals surface area contributed by atoms with Crippen molar-refractivity contribution in [3.05, 3.63) is 88.6 Å². The van der Waals surface area contributed by atoms with Gasteiger partial charge in [-0.3, -0.25) is 4.79 Å². The van der Waals surface area contributed by atoms with Crippen LogP contribution in [-0.2, 0) is 19.4 Å². The highest BCUT2D eigenvalue weighted by Gasteiger charge is 2.23. The summed E-state index contributed by atoms with van der Waals surface area (Å²) in [7, 11) is 0.